The van der Waals surface area contributed by atoms with Crippen molar-refractivity contribution in [2.24, 2.45) is 5.92 Å². The van der Waals surface area contributed by atoms with Gasteiger partial charge in [-0.15, -0.1) is 6.58 Å². The van der Waals surface area contributed by atoms with Gasteiger partial charge in [0, 0.05) is 0 Å². The third-order valence-corrected chi connectivity index (χ3v) is 1.13. The van der Waals surface area contributed by atoms with E-state index in [4.69, 9.17) is 5.11 Å². The fraction of sp³-hybridized carbons (Fsp3) is 0.286. The summed E-state index contributed by atoms with van der Waals surface area (Å²) in [6.07, 6.45) is 1.73. The molecular formula is C7H8O4. The maximum absolute atomic E-state index is 10.6. The average Bonchev–Trinajstić information content (AvgIpc) is 1.98. The van der Waals surface area contributed by atoms with Gasteiger partial charge in [-0.1, -0.05) is 6.08 Å². The molecule has 11 heavy (non-hydrogen) atoms. The Balaban J connectivity index is 4.24. The number of Topliss-reactive ketones (excluding diaryl/α,β-unsaturated/α-hetero) is 1. The normalized spacial score (nSPS) is 11.6. The second-order valence-corrected chi connectivity index (χ2v) is 1.94. The van der Waals surface area contributed by atoms with Gasteiger partial charge in [-0.05, 0) is 6.42 Å². The number of aliphatic carboxylic acids is 1. The number of ketones is 1. The molecule has 0 aliphatic carbocycles. The standard InChI is InChI=1S/C7H8O4/c1-2-3-5(4-8)6(9)7(10)11/h2,4-5H,1,3H2,(H,10,11). The summed E-state index contributed by atoms with van der Waals surface area (Å²) in [5, 5.41) is 8.17. The van der Waals surface area contributed by atoms with Crippen molar-refractivity contribution in [1.82, 2.24) is 0 Å². The molecule has 0 saturated heterocycles. The van der Waals surface area contributed by atoms with Crippen LogP contribution in [0.2, 0.25) is 0 Å². The number of carboxylic acid groups (broad SMARTS) is 1. The molecule has 60 valence electrons. The van der Waals surface area contributed by atoms with Crippen LogP contribution in [0.15, 0.2) is 12.7 Å². The third kappa shape index (κ3) is 2.75. The van der Waals surface area contributed by atoms with E-state index < -0.39 is 17.7 Å². The molecule has 1 unspecified atom stereocenters. The molecule has 0 fully saturated rings. The van der Waals surface area contributed by atoms with E-state index in [0.29, 0.717) is 6.29 Å². The fourth-order valence-corrected chi connectivity index (χ4v) is 0.563. The molecule has 0 aromatic carbocycles. The average molecular weight is 156 g/mol. The van der Waals surface area contributed by atoms with Gasteiger partial charge in [0.15, 0.2) is 0 Å². The summed E-state index contributed by atoms with van der Waals surface area (Å²) in [6.45, 7) is 3.29. The number of carbonyl (C=O) groups is 3. The van der Waals surface area contributed by atoms with Crippen LogP contribution in [0.4, 0.5) is 0 Å². The number of hydrogen-bond donors (Lipinski definition) is 1. The van der Waals surface area contributed by atoms with Crippen molar-refractivity contribution in [3.05, 3.63) is 12.7 Å². The minimum absolute atomic E-state index is 0.0780. The molecule has 0 aliphatic rings. The Morgan fingerprint density at radius 3 is 2.36 bits per heavy atom. The molecular weight excluding hydrogens is 148 g/mol. The Morgan fingerprint density at radius 2 is 2.09 bits per heavy atom. The lowest BCUT2D eigenvalue weighted by Crippen LogP contribution is -2.23. The zero-order valence-electron chi connectivity index (χ0n) is 5.82. The highest BCUT2D eigenvalue weighted by Gasteiger charge is 2.22. The predicted octanol–water partition coefficient (Wildman–Crippen LogP) is 0.0313. The molecule has 0 heterocycles. The first kappa shape index (κ1) is 9.55. The number of carboxylic acids is 1. The Labute approximate surface area is 63.5 Å². The van der Waals surface area contributed by atoms with Gasteiger partial charge >= 0.3 is 5.97 Å². The van der Waals surface area contributed by atoms with Crippen LogP contribution in [-0.4, -0.2) is 23.1 Å². The van der Waals surface area contributed by atoms with Crippen molar-refractivity contribution >= 4 is 18.0 Å². The smallest absolute Gasteiger partial charge is 0.372 e. The first-order chi connectivity index (χ1) is 5.13. The molecule has 1 N–H and O–H groups in total. The van der Waals surface area contributed by atoms with E-state index in [2.05, 4.69) is 6.58 Å². The second-order valence-electron chi connectivity index (χ2n) is 1.94. The lowest BCUT2D eigenvalue weighted by atomic mass is 10.0. The zero-order chi connectivity index (χ0) is 8.85. The molecule has 4 nitrogen and oxygen atoms in total. The van der Waals surface area contributed by atoms with E-state index in [0.717, 1.165) is 0 Å². The number of rotatable bonds is 5. The van der Waals surface area contributed by atoms with Crippen LogP contribution in [0.5, 0.6) is 0 Å². The largest absolute Gasteiger partial charge is 0.475 e. The van der Waals surface area contributed by atoms with Gasteiger partial charge in [-0.2, -0.15) is 0 Å². The number of hydrogen-bond acceptors (Lipinski definition) is 3. The fourth-order valence-electron chi connectivity index (χ4n) is 0.563. The zero-order valence-corrected chi connectivity index (χ0v) is 5.82. The van der Waals surface area contributed by atoms with Crippen LogP contribution in [0, 0.1) is 5.92 Å². The molecule has 0 saturated carbocycles. The minimum Gasteiger partial charge on any atom is -0.475 e. The minimum atomic E-state index is -1.58. The Kier molecular flexibility index (Phi) is 3.80. The molecule has 0 amide bonds. The summed E-state index contributed by atoms with van der Waals surface area (Å²) in [7, 11) is 0. The van der Waals surface area contributed by atoms with E-state index in [-0.39, 0.29) is 6.42 Å². The maximum Gasteiger partial charge on any atom is 0.372 e. The summed E-state index contributed by atoms with van der Waals surface area (Å²) in [6, 6.07) is 0. The van der Waals surface area contributed by atoms with Crippen LogP contribution in [0.1, 0.15) is 6.42 Å². The molecule has 0 aliphatic heterocycles. The van der Waals surface area contributed by atoms with Crippen molar-refractivity contribution in [2.45, 2.75) is 6.42 Å². The van der Waals surface area contributed by atoms with E-state index in [1.807, 2.05) is 0 Å². The van der Waals surface area contributed by atoms with Crippen molar-refractivity contribution in [1.29, 1.82) is 0 Å². The van der Waals surface area contributed by atoms with Gasteiger partial charge in [0.25, 0.3) is 0 Å². The van der Waals surface area contributed by atoms with E-state index >= 15 is 0 Å². The lowest BCUT2D eigenvalue weighted by molar-refractivity contribution is -0.151. The second kappa shape index (κ2) is 4.38. The van der Waals surface area contributed by atoms with Crippen molar-refractivity contribution in [3.8, 4) is 0 Å². The maximum atomic E-state index is 10.6. The SMILES string of the molecule is C=CCC(C=O)C(=O)C(=O)O. The Hall–Kier alpha value is -1.45. The molecule has 1 atom stereocenters. The Bertz CT molecular complexity index is 195. The van der Waals surface area contributed by atoms with Crippen molar-refractivity contribution in [3.63, 3.8) is 0 Å². The van der Waals surface area contributed by atoms with Gasteiger partial charge in [0.05, 0.1) is 5.92 Å². The number of allylic oxidation sites excluding steroid dienone is 1. The van der Waals surface area contributed by atoms with Crippen LogP contribution in [-0.2, 0) is 14.4 Å². The molecule has 0 aromatic heterocycles. The number of carbonyl (C=O) groups excluding carboxylic acids is 2. The van der Waals surface area contributed by atoms with Crippen molar-refractivity contribution in [2.75, 3.05) is 0 Å². The van der Waals surface area contributed by atoms with Crippen molar-refractivity contribution < 1.29 is 19.5 Å². The summed E-state index contributed by atoms with van der Waals surface area (Å²) in [5.41, 5.74) is 0. The third-order valence-electron chi connectivity index (χ3n) is 1.13. The van der Waals surface area contributed by atoms with E-state index in [1.165, 1.54) is 6.08 Å². The highest BCUT2D eigenvalue weighted by Crippen LogP contribution is 2.01. The van der Waals surface area contributed by atoms with Gasteiger partial charge in [0.1, 0.15) is 6.29 Å². The first-order valence-electron chi connectivity index (χ1n) is 2.96. The van der Waals surface area contributed by atoms with E-state index in [9.17, 15) is 14.4 Å². The molecule has 4 heteroatoms. The van der Waals surface area contributed by atoms with Crippen LogP contribution in [0.25, 0.3) is 0 Å². The lowest BCUT2D eigenvalue weighted by Gasteiger charge is -1.99. The van der Waals surface area contributed by atoms with Crippen LogP contribution in [0.3, 0.4) is 0 Å². The molecule has 0 bridgehead atoms. The Morgan fingerprint density at radius 1 is 1.55 bits per heavy atom. The quantitative estimate of drug-likeness (QED) is 0.264. The first-order valence-corrected chi connectivity index (χ1v) is 2.96. The number of aldehydes is 1. The predicted molar refractivity (Wildman–Crippen MR) is 37.0 cm³/mol. The summed E-state index contributed by atoms with van der Waals surface area (Å²) in [4.78, 5) is 30.7. The molecule has 0 spiro atoms. The topological polar surface area (TPSA) is 71.4 Å². The van der Waals surface area contributed by atoms with Crippen LogP contribution >= 0.6 is 0 Å². The summed E-state index contributed by atoms with van der Waals surface area (Å²) >= 11 is 0. The highest BCUT2D eigenvalue weighted by molar-refractivity contribution is 6.36. The summed E-state index contributed by atoms with van der Waals surface area (Å²) in [5.74, 6) is -3.74. The highest BCUT2D eigenvalue weighted by atomic mass is 16.4. The summed E-state index contributed by atoms with van der Waals surface area (Å²) < 4.78 is 0. The molecule has 0 aromatic rings. The molecule has 0 radical (unpaired) electrons. The molecule has 0 rings (SSSR count). The van der Waals surface area contributed by atoms with Gasteiger partial charge in [-0.25, -0.2) is 4.79 Å². The van der Waals surface area contributed by atoms with Gasteiger partial charge < -0.3 is 9.90 Å². The van der Waals surface area contributed by atoms with E-state index in [1.54, 1.807) is 0 Å². The van der Waals surface area contributed by atoms with Gasteiger partial charge in [-0.3, -0.25) is 4.79 Å². The van der Waals surface area contributed by atoms with Gasteiger partial charge in [0.2, 0.25) is 5.78 Å². The monoisotopic (exact) mass is 156 g/mol. The van der Waals surface area contributed by atoms with Crippen LogP contribution < -0.4 is 0 Å².